The Morgan fingerprint density at radius 1 is 1.50 bits per heavy atom. The SMILES string of the molecule is Cc1nnc2c(NC(C)CCCl)nccn12. The maximum atomic E-state index is 5.69. The van der Waals surface area contributed by atoms with Gasteiger partial charge in [-0.25, -0.2) is 4.98 Å². The first kappa shape index (κ1) is 11.1. The summed E-state index contributed by atoms with van der Waals surface area (Å²) in [6, 6.07) is 0.271. The molecular formula is C10H14ClN5. The largest absolute Gasteiger partial charge is 0.364 e. The van der Waals surface area contributed by atoms with Gasteiger partial charge in [-0.3, -0.25) is 4.40 Å². The Labute approximate surface area is 98.9 Å². The van der Waals surface area contributed by atoms with Crippen molar-refractivity contribution in [2.24, 2.45) is 0 Å². The number of fused-ring (bicyclic) bond motifs is 1. The van der Waals surface area contributed by atoms with Crippen LogP contribution in [0.1, 0.15) is 19.2 Å². The van der Waals surface area contributed by atoms with E-state index in [1.54, 1.807) is 6.20 Å². The van der Waals surface area contributed by atoms with Crippen LogP contribution in [0.4, 0.5) is 5.82 Å². The van der Waals surface area contributed by atoms with E-state index in [0.29, 0.717) is 5.88 Å². The van der Waals surface area contributed by atoms with Crippen LogP contribution in [0.5, 0.6) is 0 Å². The fraction of sp³-hybridized carbons (Fsp3) is 0.500. The van der Waals surface area contributed by atoms with Gasteiger partial charge in [-0.05, 0) is 20.3 Å². The van der Waals surface area contributed by atoms with E-state index in [0.717, 1.165) is 23.7 Å². The molecule has 1 atom stereocenters. The smallest absolute Gasteiger partial charge is 0.203 e. The van der Waals surface area contributed by atoms with E-state index in [4.69, 9.17) is 11.6 Å². The van der Waals surface area contributed by atoms with Crippen LogP contribution in [0.2, 0.25) is 0 Å². The quantitative estimate of drug-likeness (QED) is 0.828. The van der Waals surface area contributed by atoms with Gasteiger partial charge in [0.25, 0.3) is 0 Å². The number of halogens is 1. The molecule has 6 heteroatoms. The van der Waals surface area contributed by atoms with Crippen LogP contribution in [0.15, 0.2) is 12.4 Å². The summed E-state index contributed by atoms with van der Waals surface area (Å²) in [7, 11) is 0. The molecule has 2 aromatic rings. The summed E-state index contributed by atoms with van der Waals surface area (Å²) in [5.74, 6) is 2.23. The van der Waals surface area contributed by atoms with Crippen LogP contribution in [0.3, 0.4) is 0 Å². The van der Waals surface area contributed by atoms with Crippen molar-refractivity contribution in [2.45, 2.75) is 26.3 Å². The molecule has 0 aliphatic rings. The van der Waals surface area contributed by atoms with Gasteiger partial charge >= 0.3 is 0 Å². The molecule has 0 radical (unpaired) electrons. The maximum Gasteiger partial charge on any atom is 0.203 e. The highest BCUT2D eigenvalue weighted by atomic mass is 35.5. The minimum Gasteiger partial charge on any atom is -0.364 e. The number of nitrogens with zero attached hydrogens (tertiary/aromatic N) is 4. The van der Waals surface area contributed by atoms with Gasteiger partial charge in [-0.1, -0.05) is 0 Å². The van der Waals surface area contributed by atoms with Crippen molar-refractivity contribution in [2.75, 3.05) is 11.2 Å². The van der Waals surface area contributed by atoms with Gasteiger partial charge in [-0.15, -0.1) is 21.8 Å². The Morgan fingerprint density at radius 2 is 2.31 bits per heavy atom. The van der Waals surface area contributed by atoms with E-state index in [-0.39, 0.29) is 6.04 Å². The van der Waals surface area contributed by atoms with Crippen LogP contribution >= 0.6 is 11.6 Å². The first-order chi connectivity index (χ1) is 7.72. The lowest BCUT2D eigenvalue weighted by Gasteiger charge is -2.12. The number of rotatable bonds is 4. The summed E-state index contributed by atoms with van der Waals surface area (Å²) in [6.45, 7) is 3.97. The summed E-state index contributed by atoms with van der Waals surface area (Å²) >= 11 is 5.69. The Balaban J connectivity index is 2.30. The molecule has 0 bridgehead atoms. The van der Waals surface area contributed by atoms with Gasteiger partial charge in [0.2, 0.25) is 5.65 Å². The summed E-state index contributed by atoms with van der Waals surface area (Å²) in [5, 5.41) is 11.4. The molecule has 0 aromatic carbocycles. The van der Waals surface area contributed by atoms with Gasteiger partial charge in [-0.2, -0.15) is 0 Å². The number of nitrogens with one attached hydrogen (secondary N) is 1. The van der Waals surface area contributed by atoms with Gasteiger partial charge < -0.3 is 5.32 Å². The van der Waals surface area contributed by atoms with E-state index in [9.17, 15) is 0 Å². The highest BCUT2D eigenvalue weighted by molar-refractivity contribution is 6.17. The number of anilines is 1. The van der Waals surface area contributed by atoms with Crippen molar-refractivity contribution in [3.8, 4) is 0 Å². The zero-order chi connectivity index (χ0) is 11.5. The number of hydrogen-bond donors (Lipinski definition) is 1. The first-order valence-electron chi connectivity index (χ1n) is 5.21. The summed E-state index contributed by atoms with van der Waals surface area (Å²) in [6.07, 6.45) is 4.47. The van der Waals surface area contributed by atoms with Gasteiger partial charge in [0.05, 0.1) is 0 Å². The molecule has 0 saturated carbocycles. The molecule has 0 aliphatic heterocycles. The molecule has 0 fully saturated rings. The number of aromatic nitrogens is 4. The van der Waals surface area contributed by atoms with Crippen molar-refractivity contribution >= 4 is 23.1 Å². The maximum absolute atomic E-state index is 5.69. The zero-order valence-corrected chi connectivity index (χ0v) is 10.1. The summed E-state index contributed by atoms with van der Waals surface area (Å²) < 4.78 is 1.91. The minimum atomic E-state index is 0.271. The first-order valence-corrected chi connectivity index (χ1v) is 5.74. The third-order valence-corrected chi connectivity index (χ3v) is 2.64. The average Bonchev–Trinajstić information content (AvgIpc) is 2.62. The van der Waals surface area contributed by atoms with E-state index in [1.807, 2.05) is 17.5 Å². The second-order valence-corrected chi connectivity index (χ2v) is 4.12. The number of hydrogen-bond acceptors (Lipinski definition) is 4. The van der Waals surface area contributed by atoms with Crippen molar-refractivity contribution in [3.05, 3.63) is 18.2 Å². The molecule has 2 heterocycles. The molecule has 0 saturated heterocycles. The Morgan fingerprint density at radius 3 is 3.06 bits per heavy atom. The minimum absolute atomic E-state index is 0.271. The molecule has 86 valence electrons. The molecule has 0 amide bonds. The highest BCUT2D eigenvalue weighted by Gasteiger charge is 2.09. The summed E-state index contributed by atoms with van der Waals surface area (Å²) in [4.78, 5) is 4.26. The Kier molecular flexibility index (Phi) is 3.24. The van der Waals surface area contributed by atoms with Crippen LogP contribution < -0.4 is 5.32 Å². The van der Waals surface area contributed by atoms with Crippen LogP contribution in [-0.4, -0.2) is 31.5 Å². The van der Waals surface area contributed by atoms with Crippen molar-refractivity contribution in [1.82, 2.24) is 19.6 Å². The number of aryl methyl sites for hydroxylation is 1. The molecule has 2 aromatic heterocycles. The van der Waals surface area contributed by atoms with Crippen LogP contribution in [0, 0.1) is 6.92 Å². The van der Waals surface area contributed by atoms with Gasteiger partial charge in [0.15, 0.2) is 5.82 Å². The lowest BCUT2D eigenvalue weighted by atomic mass is 10.2. The molecule has 2 rings (SSSR count). The topological polar surface area (TPSA) is 55.1 Å². The summed E-state index contributed by atoms with van der Waals surface area (Å²) in [5.41, 5.74) is 0.751. The molecule has 0 aliphatic carbocycles. The van der Waals surface area contributed by atoms with E-state index >= 15 is 0 Å². The fourth-order valence-corrected chi connectivity index (χ4v) is 1.84. The molecule has 5 nitrogen and oxygen atoms in total. The molecule has 1 unspecified atom stereocenters. The van der Waals surface area contributed by atoms with Gasteiger partial charge in [0.1, 0.15) is 5.82 Å². The monoisotopic (exact) mass is 239 g/mol. The predicted octanol–water partition coefficient (Wildman–Crippen LogP) is 1.86. The molecule has 16 heavy (non-hydrogen) atoms. The van der Waals surface area contributed by atoms with E-state index in [1.165, 1.54) is 0 Å². The molecular weight excluding hydrogens is 226 g/mol. The third kappa shape index (κ3) is 2.09. The highest BCUT2D eigenvalue weighted by Crippen LogP contribution is 2.13. The van der Waals surface area contributed by atoms with Crippen molar-refractivity contribution in [1.29, 1.82) is 0 Å². The zero-order valence-electron chi connectivity index (χ0n) is 9.31. The fourth-order valence-electron chi connectivity index (χ4n) is 1.51. The normalized spacial score (nSPS) is 12.9. The number of alkyl halides is 1. The predicted molar refractivity (Wildman–Crippen MR) is 63.9 cm³/mol. The Bertz CT molecular complexity index is 481. The second-order valence-electron chi connectivity index (χ2n) is 3.74. The van der Waals surface area contributed by atoms with Crippen molar-refractivity contribution < 1.29 is 0 Å². The standard InChI is InChI=1S/C10H14ClN5/c1-7(3-4-11)13-9-10-15-14-8(2)16(10)6-5-12-9/h5-7H,3-4H2,1-2H3,(H,12,13). The van der Waals surface area contributed by atoms with Gasteiger partial charge in [0, 0.05) is 24.3 Å². The lowest BCUT2D eigenvalue weighted by Crippen LogP contribution is -2.17. The Hall–Kier alpha value is -1.36. The third-order valence-electron chi connectivity index (χ3n) is 2.42. The van der Waals surface area contributed by atoms with Crippen LogP contribution in [0.25, 0.3) is 5.65 Å². The van der Waals surface area contributed by atoms with Crippen LogP contribution in [-0.2, 0) is 0 Å². The van der Waals surface area contributed by atoms with Crippen molar-refractivity contribution in [3.63, 3.8) is 0 Å². The molecule has 1 N–H and O–H groups in total. The van der Waals surface area contributed by atoms with E-state index in [2.05, 4.69) is 27.4 Å². The van der Waals surface area contributed by atoms with E-state index < -0.39 is 0 Å². The lowest BCUT2D eigenvalue weighted by molar-refractivity contribution is 0.763. The second kappa shape index (κ2) is 4.65. The molecule has 0 spiro atoms. The average molecular weight is 240 g/mol.